The lowest BCUT2D eigenvalue weighted by Crippen LogP contribution is -2.45. The fourth-order valence-corrected chi connectivity index (χ4v) is 5.32. The van der Waals surface area contributed by atoms with Gasteiger partial charge >= 0.3 is 0 Å². The van der Waals surface area contributed by atoms with Crippen LogP contribution in [-0.2, 0) is 19.6 Å². The molecule has 1 aliphatic heterocycles. The molecule has 1 saturated heterocycles. The van der Waals surface area contributed by atoms with Crippen molar-refractivity contribution in [3.05, 3.63) is 47.3 Å². The molecule has 2 amide bonds. The first-order valence-corrected chi connectivity index (χ1v) is 10.7. The first kappa shape index (κ1) is 21.0. The van der Waals surface area contributed by atoms with Crippen LogP contribution in [0.25, 0.3) is 0 Å². The average molecular weight is 420 g/mol. The second kappa shape index (κ2) is 8.34. The Labute approximate surface area is 169 Å². The Kier molecular flexibility index (Phi) is 6.04. The standard InChI is InChI=1S/C19H24N4O5S/c1-12-17(13(2)28-22-12)29(26,27)23-10-8-15(9-11-23)19(25)21-16(18(20)24)14-6-4-3-5-7-14/h3-7,15-16H,8-11H2,1-2H3,(H2,20,24)(H,21,25). The molecule has 2 aromatic rings. The highest BCUT2D eigenvalue weighted by Gasteiger charge is 2.36. The summed E-state index contributed by atoms with van der Waals surface area (Å²) in [5.41, 5.74) is 6.37. The quantitative estimate of drug-likeness (QED) is 0.717. The van der Waals surface area contributed by atoms with Crippen molar-refractivity contribution < 1.29 is 22.5 Å². The van der Waals surface area contributed by atoms with Crippen LogP contribution in [0.3, 0.4) is 0 Å². The third kappa shape index (κ3) is 4.33. The van der Waals surface area contributed by atoms with Crippen LogP contribution in [-0.4, -0.2) is 42.8 Å². The molecule has 1 aliphatic rings. The summed E-state index contributed by atoms with van der Waals surface area (Å²) in [4.78, 5) is 24.6. The maximum absolute atomic E-state index is 12.9. The van der Waals surface area contributed by atoms with Crippen LogP contribution < -0.4 is 11.1 Å². The molecule has 0 bridgehead atoms. The lowest BCUT2D eigenvalue weighted by Gasteiger charge is -2.31. The molecular weight excluding hydrogens is 396 g/mol. The Bertz CT molecular complexity index is 975. The Balaban J connectivity index is 1.66. The number of piperidine rings is 1. The van der Waals surface area contributed by atoms with Gasteiger partial charge in [-0.1, -0.05) is 35.5 Å². The highest BCUT2D eigenvalue weighted by Crippen LogP contribution is 2.28. The van der Waals surface area contributed by atoms with Crippen molar-refractivity contribution in [1.82, 2.24) is 14.8 Å². The number of aryl methyl sites for hydroxylation is 2. The number of primary amides is 1. The summed E-state index contributed by atoms with van der Waals surface area (Å²) in [6, 6.07) is 7.83. The highest BCUT2D eigenvalue weighted by atomic mass is 32.2. The Morgan fingerprint density at radius 3 is 2.34 bits per heavy atom. The summed E-state index contributed by atoms with van der Waals surface area (Å²) in [6.07, 6.45) is 0.684. The molecule has 9 nitrogen and oxygen atoms in total. The zero-order chi connectivity index (χ0) is 21.2. The van der Waals surface area contributed by atoms with Gasteiger partial charge in [-0.25, -0.2) is 8.42 Å². The molecule has 0 spiro atoms. The van der Waals surface area contributed by atoms with Gasteiger partial charge in [0.05, 0.1) is 0 Å². The molecule has 10 heteroatoms. The highest BCUT2D eigenvalue weighted by molar-refractivity contribution is 7.89. The van der Waals surface area contributed by atoms with Crippen LogP contribution in [0.4, 0.5) is 0 Å². The number of benzene rings is 1. The molecule has 0 radical (unpaired) electrons. The van der Waals surface area contributed by atoms with E-state index in [4.69, 9.17) is 10.3 Å². The largest absolute Gasteiger partial charge is 0.368 e. The molecule has 0 saturated carbocycles. The van der Waals surface area contributed by atoms with Gasteiger partial charge in [-0.05, 0) is 32.3 Å². The maximum atomic E-state index is 12.9. The van der Waals surface area contributed by atoms with Crippen molar-refractivity contribution in [2.24, 2.45) is 11.7 Å². The van der Waals surface area contributed by atoms with Crippen LogP contribution in [0.5, 0.6) is 0 Å². The Hall–Kier alpha value is -2.72. The van der Waals surface area contributed by atoms with Gasteiger partial charge in [-0.15, -0.1) is 0 Å². The first-order chi connectivity index (χ1) is 13.7. The lowest BCUT2D eigenvalue weighted by molar-refractivity contribution is -0.130. The second-order valence-corrected chi connectivity index (χ2v) is 8.96. The van der Waals surface area contributed by atoms with E-state index in [1.54, 1.807) is 44.2 Å². The van der Waals surface area contributed by atoms with Crippen LogP contribution in [0, 0.1) is 19.8 Å². The predicted octanol–water partition coefficient (Wildman–Crippen LogP) is 1.03. The number of carbonyl (C=O) groups is 2. The molecule has 1 fully saturated rings. The zero-order valence-corrected chi connectivity index (χ0v) is 17.1. The van der Waals surface area contributed by atoms with Gasteiger partial charge in [0.1, 0.15) is 16.6 Å². The first-order valence-electron chi connectivity index (χ1n) is 9.29. The number of sulfonamides is 1. The summed E-state index contributed by atoms with van der Waals surface area (Å²) in [7, 11) is -3.74. The average Bonchev–Trinajstić information content (AvgIpc) is 3.05. The number of nitrogens with zero attached hydrogens (tertiary/aromatic N) is 2. The smallest absolute Gasteiger partial charge is 0.248 e. The van der Waals surface area contributed by atoms with Crippen molar-refractivity contribution in [2.45, 2.75) is 37.6 Å². The predicted molar refractivity (Wildman–Crippen MR) is 104 cm³/mol. The summed E-state index contributed by atoms with van der Waals surface area (Å²) >= 11 is 0. The van der Waals surface area contributed by atoms with E-state index in [1.165, 1.54) is 4.31 Å². The van der Waals surface area contributed by atoms with Gasteiger partial charge in [-0.2, -0.15) is 4.31 Å². The fourth-order valence-electron chi connectivity index (χ4n) is 3.55. The number of nitrogens with two attached hydrogens (primary N) is 1. The maximum Gasteiger partial charge on any atom is 0.248 e. The number of hydrogen-bond acceptors (Lipinski definition) is 6. The van der Waals surface area contributed by atoms with E-state index in [-0.39, 0.29) is 29.7 Å². The lowest BCUT2D eigenvalue weighted by atomic mass is 9.96. The van der Waals surface area contributed by atoms with E-state index in [0.29, 0.717) is 24.1 Å². The molecule has 29 heavy (non-hydrogen) atoms. The number of nitrogens with one attached hydrogen (secondary N) is 1. The van der Waals surface area contributed by atoms with Gasteiger partial charge in [0, 0.05) is 19.0 Å². The van der Waals surface area contributed by atoms with E-state index in [0.717, 1.165) is 0 Å². The third-order valence-electron chi connectivity index (χ3n) is 5.09. The Morgan fingerprint density at radius 1 is 1.21 bits per heavy atom. The molecule has 3 rings (SSSR count). The minimum atomic E-state index is -3.74. The minimum Gasteiger partial charge on any atom is -0.368 e. The second-order valence-electron chi connectivity index (χ2n) is 7.09. The molecule has 0 aliphatic carbocycles. The molecule has 156 valence electrons. The number of amides is 2. The summed E-state index contributed by atoms with van der Waals surface area (Å²) in [6.45, 7) is 3.52. The summed E-state index contributed by atoms with van der Waals surface area (Å²) in [5, 5.41) is 6.41. The van der Waals surface area contributed by atoms with Crippen LogP contribution >= 0.6 is 0 Å². The van der Waals surface area contributed by atoms with Crippen molar-refractivity contribution >= 4 is 21.8 Å². The number of aromatic nitrogens is 1. The van der Waals surface area contributed by atoms with E-state index in [2.05, 4.69) is 10.5 Å². The molecule has 1 unspecified atom stereocenters. The number of hydrogen-bond donors (Lipinski definition) is 2. The van der Waals surface area contributed by atoms with Crippen molar-refractivity contribution in [2.75, 3.05) is 13.1 Å². The molecule has 3 N–H and O–H groups in total. The van der Waals surface area contributed by atoms with E-state index in [9.17, 15) is 18.0 Å². The van der Waals surface area contributed by atoms with Gasteiger partial charge in [-0.3, -0.25) is 9.59 Å². The van der Waals surface area contributed by atoms with Gasteiger partial charge in [0.25, 0.3) is 0 Å². The van der Waals surface area contributed by atoms with Gasteiger partial charge in [0.15, 0.2) is 5.76 Å². The van der Waals surface area contributed by atoms with E-state index < -0.39 is 27.9 Å². The normalized spacial score (nSPS) is 17.0. The zero-order valence-electron chi connectivity index (χ0n) is 16.3. The molecule has 1 atom stereocenters. The SMILES string of the molecule is Cc1noc(C)c1S(=O)(=O)N1CCC(C(=O)NC(C(N)=O)c2ccccc2)CC1. The van der Waals surface area contributed by atoms with Crippen LogP contribution in [0.1, 0.15) is 35.9 Å². The molecule has 1 aromatic carbocycles. The van der Waals surface area contributed by atoms with Gasteiger partial charge < -0.3 is 15.6 Å². The van der Waals surface area contributed by atoms with Crippen LogP contribution in [0.2, 0.25) is 0 Å². The fraction of sp³-hybridized carbons (Fsp3) is 0.421. The molecule has 2 heterocycles. The summed E-state index contributed by atoms with van der Waals surface area (Å²) in [5.74, 6) is -1.12. The molecular formula is C19H24N4O5S. The van der Waals surface area contributed by atoms with Crippen LogP contribution in [0.15, 0.2) is 39.8 Å². The topological polar surface area (TPSA) is 136 Å². The van der Waals surface area contributed by atoms with E-state index in [1.807, 2.05) is 0 Å². The van der Waals surface area contributed by atoms with Gasteiger partial charge in [0.2, 0.25) is 21.8 Å². The van der Waals surface area contributed by atoms with E-state index >= 15 is 0 Å². The molecule has 1 aromatic heterocycles. The third-order valence-corrected chi connectivity index (χ3v) is 7.24. The summed E-state index contributed by atoms with van der Waals surface area (Å²) < 4.78 is 32.1. The monoisotopic (exact) mass is 420 g/mol. The number of rotatable bonds is 6. The van der Waals surface area contributed by atoms with Crippen molar-refractivity contribution in [3.8, 4) is 0 Å². The minimum absolute atomic E-state index is 0.0817. The van der Waals surface area contributed by atoms with Crippen molar-refractivity contribution in [3.63, 3.8) is 0 Å². The van der Waals surface area contributed by atoms with Crippen molar-refractivity contribution in [1.29, 1.82) is 0 Å². The Morgan fingerprint density at radius 2 is 1.83 bits per heavy atom. The number of carbonyl (C=O) groups excluding carboxylic acids is 2.